The third-order valence-corrected chi connectivity index (χ3v) is 4.01. The smallest absolute Gasteiger partial charge is 0.340 e. The topological polar surface area (TPSA) is 133 Å². The van der Waals surface area contributed by atoms with Gasteiger partial charge in [0.05, 0.1) is 10.5 Å². The third-order valence-electron chi connectivity index (χ3n) is 2.85. The van der Waals surface area contributed by atoms with Gasteiger partial charge in [-0.25, -0.2) is 18.0 Å². The zero-order chi connectivity index (χ0) is 17.8. The van der Waals surface area contributed by atoms with Crippen molar-refractivity contribution >= 4 is 27.7 Å². The van der Waals surface area contributed by atoms with Gasteiger partial charge in [-0.1, -0.05) is 26.0 Å². The number of benzene rings is 1. The van der Waals surface area contributed by atoms with Crippen LogP contribution in [0.5, 0.6) is 0 Å². The van der Waals surface area contributed by atoms with E-state index in [1.54, 1.807) is 13.8 Å². The van der Waals surface area contributed by atoms with Crippen molar-refractivity contribution in [3.05, 3.63) is 29.8 Å². The van der Waals surface area contributed by atoms with E-state index in [0.29, 0.717) is 0 Å². The summed E-state index contributed by atoms with van der Waals surface area (Å²) in [7, 11) is -3.65. The first kappa shape index (κ1) is 18.6. The molecule has 1 aromatic rings. The Balaban J connectivity index is 3.10. The largest absolute Gasteiger partial charge is 0.448 e. The van der Waals surface area contributed by atoms with E-state index in [4.69, 9.17) is 10.5 Å². The Labute approximate surface area is 133 Å². The van der Waals surface area contributed by atoms with Gasteiger partial charge in [0.2, 0.25) is 0 Å². The van der Waals surface area contributed by atoms with Crippen LogP contribution in [-0.2, 0) is 19.4 Å². The average molecular weight is 342 g/mol. The molecule has 9 heteroatoms. The molecule has 0 bridgehead atoms. The summed E-state index contributed by atoms with van der Waals surface area (Å²) < 4.78 is 28.5. The Bertz CT molecular complexity index is 727. The SMILES string of the molecule is CC(C)[C@@H](OC(=O)c1ccccc1S(C)(=O)=O)C(=O)NC(N)=O. The number of nitrogens with two attached hydrogens (primary N) is 1. The quantitative estimate of drug-likeness (QED) is 0.747. The first-order valence-electron chi connectivity index (χ1n) is 6.64. The normalized spacial score (nSPS) is 12.5. The van der Waals surface area contributed by atoms with E-state index in [1.165, 1.54) is 24.3 Å². The molecule has 0 saturated carbocycles. The van der Waals surface area contributed by atoms with Gasteiger partial charge < -0.3 is 10.5 Å². The predicted octanol–water partition coefficient (Wildman–Crippen LogP) is 0.466. The standard InChI is InChI=1S/C14H18N2O6S/c1-8(2)11(12(17)16-14(15)19)22-13(18)9-6-4-5-7-10(9)23(3,20)21/h4-8,11H,1-3H3,(H3,15,16,17,19)/t11-/m1/s1. The highest BCUT2D eigenvalue weighted by molar-refractivity contribution is 7.90. The molecular formula is C14H18N2O6S. The van der Waals surface area contributed by atoms with E-state index >= 15 is 0 Å². The number of sulfone groups is 1. The summed E-state index contributed by atoms with van der Waals surface area (Å²) in [5.41, 5.74) is 4.68. The lowest BCUT2D eigenvalue weighted by molar-refractivity contribution is -0.130. The van der Waals surface area contributed by atoms with E-state index in [-0.39, 0.29) is 10.5 Å². The monoisotopic (exact) mass is 342 g/mol. The number of carbonyl (C=O) groups is 3. The molecule has 0 fully saturated rings. The maximum atomic E-state index is 12.2. The number of amides is 3. The van der Waals surface area contributed by atoms with Gasteiger partial charge in [-0.05, 0) is 18.1 Å². The lowest BCUT2D eigenvalue weighted by atomic mass is 10.1. The van der Waals surface area contributed by atoms with E-state index in [0.717, 1.165) is 6.26 Å². The molecule has 0 saturated heterocycles. The highest BCUT2D eigenvalue weighted by Crippen LogP contribution is 2.18. The fourth-order valence-corrected chi connectivity index (χ4v) is 2.70. The van der Waals surface area contributed by atoms with Gasteiger partial charge in [-0.2, -0.15) is 0 Å². The maximum Gasteiger partial charge on any atom is 0.340 e. The van der Waals surface area contributed by atoms with Crippen LogP contribution in [-0.4, -0.2) is 38.7 Å². The Kier molecular flexibility index (Phi) is 5.85. The lowest BCUT2D eigenvalue weighted by Gasteiger charge is -2.20. The molecule has 8 nitrogen and oxygen atoms in total. The number of imide groups is 1. The van der Waals surface area contributed by atoms with Crippen LogP contribution >= 0.6 is 0 Å². The fraction of sp³-hybridized carbons (Fsp3) is 0.357. The summed E-state index contributed by atoms with van der Waals surface area (Å²) >= 11 is 0. The first-order valence-corrected chi connectivity index (χ1v) is 8.53. The number of rotatable bonds is 5. The molecule has 3 amide bonds. The number of urea groups is 1. The van der Waals surface area contributed by atoms with Gasteiger partial charge in [-0.3, -0.25) is 10.1 Å². The minimum atomic E-state index is -3.65. The zero-order valence-corrected chi connectivity index (χ0v) is 13.7. The van der Waals surface area contributed by atoms with Crippen molar-refractivity contribution in [1.82, 2.24) is 5.32 Å². The Morgan fingerprint density at radius 2 is 1.74 bits per heavy atom. The number of carbonyl (C=O) groups excluding carboxylic acids is 3. The molecule has 1 rings (SSSR count). The van der Waals surface area contributed by atoms with Crippen LogP contribution in [0.2, 0.25) is 0 Å². The fourth-order valence-electron chi connectivity index (χ4n) is 1.82. The molecule has 3 N–H and O–H groups in total. The molecule has 0 aliphatic rings. The van der Waals surface area contributed by atoms with Gasteiger partial charge in [0.25, 0.3) is 5.91 Å². The molecule has 0 aliphatic carbocycles. The van der Waals surface area contributed by atoms with Crippen LogP contribution in [0.4, 0.5) is 4.79 Å². The lowest BCUT2D eigenvalue weighted by Crippen LogP contribution is -2.45. The van der Waals surface area contributed by atoms with E-state index < -0.39 is 39.8 Å². The molecule has 0 heterocycles. The molecule has 126 valence electrons. The van der Waals surface area contributed by atoms with Crippen molar-refractivity contribution in [2.45, 2.75) is 24.8 Å². The molecule has 1 atom stereocenters. The van der Waals surface area contributed by atoms with E-state index in [9.17, 15) is 22.8 Å². The average Bonchev–Trinajstić information content (AvgIpc) is 2.42. The summed E-state index contributed by atoms with van der Waals surface area (Å²) in [6.45, 7) is 3.20. The third kappa shape index (κ3) is 5.06. The summed E-state index contributed by atoms with van der Waals surface area (Å²) in [5.74, 6) is -2.31. The molecule has 0 aromatic heterocycles. The van der Waals surface area contributed by atoms with Gasteiger partial charge in [0, 0.05) is 6.26 Å². The predicted molar refractivity (Wildman–Crippen MR) is 81.3 cm³/mol. The van der Waals surface area contributed by atoms with Crippen molar-refractivity contribution in [3.63, 3.8) is 0 Å². The minimum absolute atomic E-state index is 0.187. The Morgan fingerprint density at radius 3 is 2.22 bits per heavy atom. The molecule has 0 aliphatic heterocycles. The van der Waals surface area contributed by atoms with Gasteiger partial charge >= 0.3 is 12.0 Å². The van der Waals surface area contributed by atoms with Crippen LogP contribution in [0, 0.1) is 5.92 Å². The molecule has 0 unspecified atom stereocenters. The number of hydrogen-bond donors (Lipinski definition) is 2. The minimum Gasteiger partial charge on any atom is -0.448 e. The number of nitrogens with one attached hydrogen (secondary N) is 1. The van der Waals surface area contributed by atoms with Crippen molar-refractivity contribution in [2.24, 2.45) is 11.7 Å². The second-order valence-corrected chi connectivity index (χ2v) is 7.18. The van der Waals surface area contributed by atoms with Crippen LogP contribution < -0.4 is 11.1 Å². The maximum absolute atomic E-state index is 12.2. The number of primary amides is 1. The summed E-state index contributed by atoms with van der Waals surface area (Å²) in [5, 5.41) is 1.83. The number of hydrogen-bond acceptors (Lipinski definition) is 6. The molecule has 23 heavy (non-hydrogen) atoms. The molecule has 1 aromatic carbocycles. The second-order valence-electron chi connectivity index (χ2n) is 5.19. The van der Waals surface area contributed by atoms with Crippen molar-refractivity contribution in [2.75, 3.05) is 6.26 Å². The summed E-state index contributed by atoms with van der Waals surface area (Å²) in [6, 6.07) is 4.40. The van der Waals surface area contributed by atoms with E-state index in [1.807, 2.05) is 5.32 Å². The highest BCUT2D eigenvalue weighted by Gasteiger charge is 2.29. The van der Waals surface area contributed by atoms with Crippen LogP contribution in [0.15, 0.2) is 29.2 Å². The van der Waals surface area contributed by atoms with Gasteiger partial charge in [-0.15, -0.1) is 0 Å². The molecule has 0 radical (unpaired) electrons. The van der Waals surface area contributed by atoms with Crippen LogP contribution in [0.3, 0.4) is 0 Å². The van der Waals surface area contributed by atoms with Crippen molar-refractivity contribution in [3.8, 4) is 0 Å². The van der Waals surface area contributed by atoms with Gasteiger partial charge in [0.1, 0.15) is 0 Å². The number of esters is 1. The zero-order valence-electron chi connectivity index (χ0n) is 12.9. The van der Waals surface area contributed by atoms with Crippen molar-refractivity contribution in [1.29, 1.82) is 0 Å². The number of ether oxygens (including phenoxy) is 1. The Morgan fingerprint density at radius 1 is 1.17 bits per heavy atom. The van der Waals surface area contributed by atoms with E-state index in [2.05, 4.69) is 0 Å². The summed E-state index contributed by atoms with van der Waals surface area (Å²) in [4.78, 5) is 34.6. The summed E-state index contributed by atoms with van der Waals surface area (Å²) in [6.07, 6.45) is -0.332. The first-order chi connectivity index (χ1) is 10.5. The van der Waals surface area contributed by atoms with Crippen LogP contribution in [0.25, 0.3) is 0 Å². The second kappa shape index (κ2) is 7.23. The Hall–Kier alpha value is -2.42. The molecule has 0 spiro atoms. The molecular weight excluding hydrogens is 324 g/mol. The highest BCUT2D eigenvalue weighted by atomic mass is 32.2. The van der Waals surface area contributed by atoms with Gasteiger partial charge in [0.15, 0.2) is 15.9 Å². The van der Waals surface area contributed by atoms with Crippen LogP contribution in [0.1, 0.15) is 24.2 Å². The van der Waals surface area contributed by atoms with Crippen molar-refractivity contribution < 1.29 is 27.5 Å².